The number of fused-ring (bicyclic) bond motifs is 1. The topological polar surface area (TPSA) is 69.4 Å². The molecule has 0 spiro atoms. The van der Waals surface area contributed by atoms with Crippen LogP contribution in [-0.4, -0.2) is 23.0 Å². The van der Waals surface area contributed by atoms with Crippen LogP contribution in [0.5, 0.6) is 0 Å². The maximum atomic E-state index is 12.3. The lowest BCUT2D eigenvalue weighted by atomic mass is 9.45. The number of hydrogen-bond acceptors (Lipinski definition) is 4. The quantitative estimate of drug-likeness (QED) is 0.454. The van der Waals surface area contributed by atoms with E-state index in [1.54, 1.807) is 0 Å². The Bertz CT molecular complexity index is 461. The van der Waals surface area contributed by atoms with Crippen molar-refractivity contribution in [2.45, 2.75) is 58.5 Å². The summed E-state index contributed by atoms with van der Waals surface area (Å²) in [7, 11) is 0. The number of carbonyl (C=O) groups is 1. The summed E-state index contributed by atoms with van der Waals surface area (Å²) >= 11 is 0. The number of carbonyl (C=O) groups excluding carboxylic acids is 1. The van der Waals surface area contributed by atoms with Gasteiger partial charge in [-0.15, -0.1) is 0 Å². The fourth-order valence-electron chi connectivity index (χ4n) is 5.46. The number of hydrogen-bond donors (Lipinski definition) is 0. The first kappa shape index (κ1) is 14.8. The Kier molecular flexibility index (Phi) is 3.30. The molecule has 0 radical (unpaired) electrons. The third-order valence-electron chi connectivity index (χ3n) is 5.91. The average Bonchev–Trinajstić information content (AvgIpc) is 2.50. The molecule has 0 N–H and O–H groups in total. The second kappa shape index (κ2) is 4.68. The number of nitrogens with zero attached hydrogens (tertiary/aromatic N) is 1. The van der Waals surface area contributed by atoms with Gasteiger partial charge in [0.05, 0.1) is 11.8 Å². The highest BCUT2D eigenvalue weighted by Gasteiger charge is 2.69. The summed E-state index contributed by atoms with van der Waals surface area (Å²) < 4.78 is 5.44. The SMILES string of the molecule is CC(C)(C)OC(=O)CC1(C[N+](=O)[O-])C2CCC3CC2C1C3. The molecule has 5 unspecified atom stereocenters. The van der Waals surface area contributed by atoms with Crippen LogP contribution in [0.15, 0.2) is 0 Å². The zero-order valence-corrected chi connectivity index (χ0v) is 13.1. The van der Waals surface area contributed by atoms with E-state index in [0.717, 1.165) is 18.8 Å². The van der Waals surface area contributed by atoms with Gasteiger partial charge in [-0.3, -0.25) is 14.9 Å². The maximum absolute atomic E-state index is 12.3. The molecule has 0 amide bonds. The van der Waals surface area contributed by atoms with Gasteiger partial charge in [-0.1, -0.05) is 6.42 Å². The first-order valence-electron chi connectivity index (χ1n) is 8.05. The van der Waals surface area contributed by atoms with E-state index in [4.69, 9.17) is 4.74 Å². The van der Waals surface area contributed by atoms with E-state index in [0.29, 0.717) is 17.8 Å². The van der Waals surface area contributed by atoms with Gasteiger partial charge < -0.3 is 4.74 Å². The van der Waals surface area contributed by atoms with Crippen LogP contribution in [0.3, 0.4) is 0 Å². The Morgan fingerprint density at radius 2 is 2.00 bits per heavy atom. The molecule has 2 bridgehead atoms. The fraction of sp³-hybridized carbons (Fsp3) is 0.938. The lowest BCUT2D eigenvalue weighted by Crippen LogP contribution is -2.59. The highest BCUT2D eigenvalue weighted by atomic mass is 16.6. The molecule has 5 heteroatoms. The molecule has 3 saturated carbocycles. The predicted octanol–water partition coefficient (Wildman–Crippen LogP) is 3.05. The van der Waals surface area contributed by atoms with Gasteiger partial charge in [-0.25, -0.2) is 0 Å². The first-order chi connectivity index (χ1) is 9.71. The van der Waals surface area contributed by atoms with E-state index in [-0.39, 0.29) is 23.9 Å². The summed E-state index contributed by atoms with van der Waals surface area (Å²) in [6.07, 6.45) is 4.78. The predicted molar refractivity (Wildman–Crippen MR) is 77.2 cm³/mol. The molecular formula is C16H25NO4. The molecule has 5 atom stereocenters. The smallest absolute Gasteiger partial charge is 0.307 e. The van der Waals surface area contributed by atoms with Crippen LogP contribution in [0.25, 0.3) is 0 Å². The first-order valence-corrected chi connectivity index (χ1v) is 8.05. The Morgan fingerprint density at radius 3 is 2.62 bits per heavy atom. The van der Waals surface area contributed by atoms with Crippen LogP contribution in [-0.2, 0) is 9.53 Å². The van der Waals surface area contributed by atoms with Crippen molar-refractivity contribution in [3.63, 3.8) is 0 Å². The molecule has 0 aromatic rings. The molecule has 0 aliphatic heterocycles. The maximum Gasteiger partial charge on any atom is 0.307 e. The Hall–Kier alpha value is -1.13. The summed E-state index contributed by atoms with van der Waals surface area (Å²) in [6, 6.07) is 0. The van der Waals surface area contributed by atoms with E-state index < -0.39 is 11.0 Å². The number of rotatable bonds is 4. The van der Waals surface area contributed by atoms with Gasteiger partial charge in [-0.05, 0) is 63.7 Å². The van der Waals surface area contributed by atoms with Crippen LogP contribution >= 0.6 is 0 Å². The molecule has 3 rings (SSSR count). The zero-order valence-electron chi connectivity index (χ0n) is 13.1. The molecule has 0 aromatic heterocycles. The minimum Gasteiger partial charge on any atom is -0.460 e. The molecule has 0 saturated heterocycles. The molecule has 0 aromatic carbocycles. The molecule has 3 aliphatic rings. The number of ether oxygens (including phenoxy) is 1. The van der Waals surface area contributed by atoms with Gasteiger partial charge in [0.2, 0.25) is 6.54 Å². The van der Waals surface area contributed by atoms with Crippen molar-refractivity contribution in [2.75, 3.05) is 6.54 Å². The van der Waals surface area contributed by atoms with Crippen molar-refractivity contribution in [3.05, 3.63) is 10.1 Å². The van der Waals surface area contributed by atoms with Crippen LogP contribution in [0.1, 0.15) is 52.9 Å². The monoisotopic (exact) mass is 295 g/mol. The van der Waals surface area contributed by atoms with E-state index in [2.05, 4.69) is 0 Å². The molecule has 5 nitrogen and oxygen atoms in total. The summed E-state index contributed by atoms with van der Waals surface area (Å²) in [6.45, 7) is 5.46. The Balaban J connectivity index is 1.79. The second-order valence-corrected chi connectivity index (χ2v) is 8.28. The Morgan fingerprint density at radius 1 is 1.29 bits per heavy atom. The largest absolute Gasteiger partial charge is 0.460 e. The van der Waals surface area contributed by atoms with Gasteiger partial charge in [0.15, 0.2) is 0 Å². The van der Waals surface area contributed by atoms with E-state index in [1.807, 2.05) is 20.8 Å². The third-order valence-corrected chi connectivity index (χ3v) is 5.91. The summed E-state index contributed by atoms with van der Waals surface area (Å²) in [4.78, 5) is 23.2. The fourth-order valence-corrected chi connectivity index (χ4v) is 5.46. The van der Waals surface area contributed by atoms with E-state index in [9.17, 15) is 14.9 Å². The third kappa shape index (κ3) is 2.44. The van der Waals surface area contributed by atoms with Crippen LogP contribution in [0.2, 0.25) is 0 Å². The van der Waals surface area contributed by atoms with Gasteiger partial charge in [-0.2, -0.15) is 0 Å². The second-order valence-electron chi connectivity index (χ2n) is 8.28. The van der Waals surface area contributed by atoms with Crippen molar-refractivity contribution in [1.82, 2.24) is 0 Å². The van der Waals surface area contributed by atoms with Crippen LogP contribution in [0.4, 0.5) is 0 Å². The molecular weight excluding hydrogens is 270 g/mol. The van der Waals surface area contributed by atoms with Crippen molar-refractivity contribution in [2.24, 2.45) is 29.1 Å². The number of nitro groups is 1. The summed E-state index contributed by atoms with van der Waals surface area (Å²) in [5.41, 5.74) is -0.953. The highest BCUT2D eigenvalue weighted by molar-refractivity contribution is 5.71. The van der Waals surface area contributed by atoms with E-state index >= 15 is 0 Å². The minimum atomic E-state index is -0.524. The highest BCUT2D eigenvalue weighted by Crippen LogP contribution is 2.70. The van der Waals surface area contributed by atoms with Crippen molar-refractivity contribution in [3.8, 4) is 0 Å². The number of esters is 1. The molecule has 0 heterocycles. The van der Waals surface area contributed by atoms with Crippen molar-refractivity contribution >= 4 is 5.97 Å². The zero-order chi connectivity index (χ0) is 15.4. The molecule has 3 fully saturated rings. The average molecular weight is 295 g/mol. The van der Waals surface area contributed by atoms with Gasteiger partial charge in [0.1, 0.15) is 5.60 Å². The normalized spacial score (nSPS) is 40.5. The molecule has 118 valence electrons. The minimum absolute atomic E-state index is 0.0647. The van der Waals surface area contributed by atoms with Crippen LogP contribution < -0.4 is 0 Å². The Labute approximate surface area is 125 Å². The van der Waals surface area contributed by atoms with Crippen molar-refractivity contribution < 1.29 is 14.5 Å². The van der Waals surface area contributed by atoms with E-state index in [1.165, 1.54) is 12.8 Å². The lowest BCUT2D eigenvalue weighted by molar-refractivity contribution is -0.512. The molecule has 3 aliphatic carbocycles. The lowest BCUT2D eigenvalue weighted by Gasteiger charge is -2.57. The summed E-state index contributed by atoms with van der Waals surface area (Å²) in [5, 5.41) is 11.2. The van der Waals surface area contributed by atoms with Gasteiger partial charge >= 0.3 is 5.97 Å². The van der Waals surface area contributed by atoms with Gasteiger partial charge in [0.25, 0.3) is 0 Å². The molecule has 21 heavy (non-hydrogen) atoms. The van der Waals surface area contributed by atoms with Gasteiger partial charge in [0, 0.05) is 4.92 Å². The van der Waals surface area contributed by atoms with Crippen molar-refractivity contribution in [1.29, 1.82) is 0 Å². The van der Waals surface area contributed by atoms with Crippen LogP contribution in [0, 0.1) is 39.2 Å². The summed E-state index contributed by atoms with van der Waals surface area (Å²) in [5.74, 6) is 1.83. The standard InChI is InChI=1S/C16H25NO4/c1-15(2,3)21-14(18)8-16(9-17(19)20)12-5-4-10-6-11(12)13(16)7-10/h10-13H,4-9H2,1-3H3.